The van der Waals surface area contributed by atoms with E-state index in [0.717, 1.165) is 5.56 Å². The first-order valence-electron chi connectivity index (χ1n) is 5.39. The summed E-state index contributed by atoms with van der Waals surface area (Å²) in [7, 11) is 0. The largest absolute Gasteiger partial charge is 0.481 e. The summed E-state index contributed by atoms with van der Waals surface area (Å²) < 4.78 is 38.7. The van der Waals surface area contributed by atoms with Gasteiger partial charge in [-0.1, -0.05) is 0 Å². The number of alkyl halides is 3. The Kier molecular flexibility index (Phi) is 3.37. The third-order valence-corrected chi connectivity index (χ3v) is 4.02. The predicted octanol–water partition coefficient (Wildman–Crippen LogP) is 2.59. The van der Waals surface area contributed by atoms with E-state index in [1.54, 1.807) is 4.90 Å². The van der Waals surface area contributed by atoms with Crippen molar-refractivity contribution < 1.29 is 23.1 Å². The molecule has 0 saturated carbocycles. The molecule has 1 N–H and O–H groups in total. The van der Waals surface area contributed by atoms with Crippen LogP contribution >= 0.6 is 11.3 Å². The number of aliphatic carboxylic acids is 1. The normalized spacial score (nSPS) is 25.5. The smallest absolute Gasteiger partial charge is 0.406 e. The molecule has 1 saturated heterocycles. The first-order valence-corrected chi connectivity index (χ1v) is 6.33. The number of thiophene rings is 1. The van der Waals surface area contributed by atoms with Crippen LogP contribution in [0.15, 0.2) is 16.8 Å². The molecule has 3 nitrogen and oxygen atoms in total. The lowest BCUT2D eigenvalue weighted by atomic mass is 9.86. The summed E-state index contributed by atoms with van der Waals surface area (Å²) >= 11 is 1.47. The van der Waals surface area contributed by atoms with Gasteiger partial charge in [-0.05, 0) is 28.8 Å². The molecule has 2 heterocycles. The highest BCUT2D eigenvalue weighted by Gasteiger charge is 2.63. The molecule has 7 heteroatoms. The molecule has 2 rings (SSSR count). The number of hydrogen-bond donors (Lipinski definition) is 1. The van der Waals surface area contributed by atoms with Crippen LogP contribution in [0.25, 0.3) is 0 Å². The maximum absolute atomic E-state index is 12.9. The van der Waals surface area contributed by atoms with Crippen molar-refractivity contribution in [1.82, 2.24) is 4.90 Å². The molecule has 1 fully saturated rings. The van der Waals surface area contributed by atoms with E-state index in [1.807, 2.05) is 16.8 Å². The summed E-state index contributed by atoms with van der Waals surface area (Å²) in [4.78, 5) is 12.5. The van der Waals surface area contributed by atoms with Crippen LogP contribution in [0.4, 0.5) is 13.2 Å². The molecule has 18 heavy (non-hydrogen) atoms. The van der Waals surface area contributed by atoms with Gasteiger partial charge in [0.05, 0.1) is 0 Å². The summed E-state index contributed by atoms with van der Waals surface area (Å²) in [6.07, 6.45) is -5.09. The van der Waals surface area contributed by atoms with E-state index < -0.39 is 24.1 Å². The van der Waals surface area contributed by atoms with E-state index in [4.69, 9.17) is 5.11 Å². The standard InChI is InChI=1S/C11H12F3NO2S/c12-11(13,14)10(9(16)17)2-3-15(7-10)5-8-1-4-18-6-8/h1,4,6H,2-3,5,7H2,(H,16,17). The van der Waals surface area contributed by atoms with Crippen molar-refractivity contribution in [1.29, 1.82) is 0 Å². The Hall–Kier alpha value is -1.08. The second-order valence-electron chi connectivity index (χ2n) is 4.48. The average molecular weight is 279 g/mol. The second-order valence-corrected chi connectivity index (χ2v) is 5.26. The van der Waals surface area contributed by atoms with Crippen molar-refractivity contribution >= 4 is 17.3 Å². The quantitative estimate of drug-likeness (QED) is 0.924. The van der Waals surface area contributed by atoms with Gasteiger partial charge in [-0.25, -0.2) is 0 Å². The van der Waals surface area contributed by atoms with Gasteiger partial charge in [0.1, 0.15) is 0 Å². The van der Waals surface area contributed by atoms with Gasteiger partial charge in [-0.3, -0.25) is 9.69 Å². The number of likely N-dealkylation sites (tertiary alicyclic amines) is 1. The lowest BCUT2D eigenvalue weighted by Gasteiger charge is -2.27. The van der Waals surface area contributed by atoms with Gasteiger partial charge in [0, 0.05) is 19.6 Å². The van der Waals surface area contributed by atoms with E-state index in [2.05, 4.69) is 0 Å². The molecule has 0 aromatic carbocycles. The molecule has 1 aliphatic heterocycles. The number of carboxylic acid groups (broad SMARTS) is 1. The molecule has 0 aliphatic carbocycles. The Balaban J connectivity index is 2.12. The lowest BCUT2D eigenvalue weighted by molar-refractivity contribution is -0.227. The zero-order valence-electron chi connectivity index (χ0n) is 9.41. The van der Waals surface area contributed by atoms with E-state index >= 15 is 0 Å². The van der Waals surface area contributed by atoms with Gasteiger partial charge in [-0.15, -0.1) is 0 Å². The summed E-state index contributed by atoms with van der Waals surface area (Å²) in [6.45, 7) is 0.0535. The topological polar surface area (TPSA) is 40.5 Å². The number of carbonyl (C=O) groups is 1. The highest BCUT2D eigenvalue weighted by Crippen LogP contribution is 2.45. The Morgan fingerprint density at radius 1 is 1.56 bits per heavy atom. The first kappa shape index (κ1) is 13.4. The van der Waals surface area contributed by atoms with Crippen LogP contribution in [0, 0.1) is 5.41 Å². The van der Waals surface area contributed by atoms with Crippen molar-refractivity contribution in [2.75, 3.05) is 13.1 Å². The van der Waals surface area contributed by atoms with Gasteiger partial charge in [0.15, 0.2) is 5.41 Å². The van der Waals surface area contributed by atoms with Crippen LogP contribution in [0.2, 0.25) is 0 Å². The monoisotopic (exact) mass is 279 g/mol. The van der Waals surface area contributed by atoms with Gasteiger partial charge in [0.2, 0.25) is 0 Å². The van der Waals surface area contributed by atoms with E-state index in [1.165, 1.54) is 11.3 Å². The van der Waals surface area contributed by atoms with E-state index in [0.29, 0.717) is 6.54 Å². The van der Waals surface area contributed by atoms with Gasteiger partial charge >= 0.3 is 12.1 Å². The van der Waals surface area contributed by atoms with Crippen molar-refractivity contribution in [3.8, 4) is 0 Å². The molecular weight excluding hydrogens is 267 g/mol. The summed E-state index contributed by atoms with van der Waals surface area (Å²) in [6, 6.07) is 1.83. The third-order valence-electron chi connectivity index (χ3n) is 3.29. The number of halogens is 3. The Labute approximate surface area is 106 Å². The number of rotatable bonds is 3. The van der Waals surface area contributed by atoms with Crippen molar-refractivity contribution in [2.24, 2.45) is 5.41 Å². The van der Waals surface area contributed by atoms with Crippen molar-refractivity contribution in [3.05, 3.63) is 22.4 Å². The van der Waals surface area contributed by atoms with Gasteiger partial charge < -0.3 is 5.11 Å². The summed E-state index contributed by atoms with van der Waals surface area (Å²) in [5, 5.41) is 12.6. The molecule has 1 aliphatic rings. The van der Waals surface area contributed by atoms with E-state index in [9.17, 15) is 18.0 Å². The van der Waals surface area contributed by atoms with Crippen LogP contribution in [-0.2, 0) is 11.3 Å². The fourth-order valence-corrected chi connectivity index (χ4v) is 2.85. The summed E-state index contributed by atoms with van der Waals surface area (Å²) in [5.41, 5.74) is -1.69. The minimum absolute atomic E-state index is 0.154. The number of carboxylic acids is 1. The minimum Gasteiger partial charge on any atom is -0.481 e. The van der Waals surface area contributed by atoms with E-state index in [-0.39, 0.29) is 13.0 Å². The lowest BCUT2D eigenvalue weighted by Crippen LogP contribution is -2.47. The maximum Gasteiger partial charge on any atom is 0.406 e. The number of nitrogens with zero attached hydrogens (tertiary/aromatic N) is 1. The Morgan fingerprint density at radius 2 is 2.28 bits per heavy atom. The molecule has 1 atom stereocenters. The highest BCUT2D eigenvalue weighted by molar-refractivity contribution is 7.07. The highest BCUT2D eigenvalue weighted by atomic mass is 32.1. The molecule has 0 amide bonds. The molecule has 1 aromatic heterocycles. The zero-order chi connectivity index (χ0) is 13.4. The summed E-state index contributed by atoms with van der Waals surface area (Å²) in [5.74, 6) is -1.78. The van der Waals surface area contributed by atoms with Crippen LogP contribution in [0.5, 0.6) is 0 Å². The Morgan fingerprint density at radius 3 is 2.72 bits per heavy atom. The average Bonchev–Trinajstić information content (AvgIpc) is 2.86. The van der Waals surface area contributed by atoms with Crippen molar-refractivity contribution in [3.63, 3.8) is 0 Å². The number of hydrogen-bond acceptors (Lipinski definition) is 3. The van der Waals surface area contributed by atoms with Crippen LogP contribution in [-0.4, -0.2) is 35.2 Å². The fraction of sp³-hybridized carbons (Fsp3) is 0.545. The zero-order valence-corrected chi connectivity index (χ0v) is 10.2. The van der Waals surface area contributed by atoms with Crippen LogP contribution in [0.3, 0.4) is 0 Å². The second kappa shape index (κ2) is 4.55. The third kappa shape index (κ3) is 2.24. The van der Waals surface area contributed by atoms with Crippen molar-refractivity contribution in [2.45, 2.75) is 19.1 Å². The van der Waals surface area contributed by atoms with Gasteiger partial charge in [0.25, 0.3) is 0 Å². The fourth-order valence-electron chi connectivity index (χ4n) is 2.19. The Bertz CT molecular complexity index is 432. The predicted molar refractivity (Wildman–Crippen MR) is 60.3 cm³/mol. The van der Waals surface area contributed by atoms with Crippen LogP contribution < -0.4 is 0 Å². The molecule has 1 unspecified atom stereocenters. The molecule has 100 valence electrons. The molecule has 0 bridgehead atoms. The maximum atomic E-state index is 12.9. The SMILES string of the molecule is O=C(O)C1(C(F)(F)F)CCN(Cc2ccsc2)C1. The first-order chi connectivity index (χ1) is 8.35. The van der Waals surface area contributed by atoms with Gasteiger partial charge in [-0.2, -0.15) is 24.5 Å². The minimum atomic E-state index is -4.71. The molecule has 0 radical (unpaired) electrons. The molecule has 0 spiro atoms. The molecule has 1 aromatic rings. The van der Waals surface area contributed by atoms with Crippen LogP contribution in [0.1, 0.15) is 12.0 Å². The molecular formula is C11H12F3NO2S.